The van der Waals surface area contributed by atoms with E-state index in [1.807, 2.05) is 18.2 Å². The minimum absolute atomic E-state index is 0.0354. The molecule has 0 radical (unpaired) electrons. The lowest BCUT2D eigenvalue weighted by Crippen LogP contribution is -2.05. The number of carbonyl (C=O) groups excluding carboxylic acids is 2. The van der Waals surface area contributed by atoms with Crippen molar-refractivity contribution >= 4 is 11.6 Å². The summed E-state index contributed by atoms with van der Waals surface area (Å²) >= 11 is 0. The summed E-state index contributed by atoms with van der Waals surface area (Å²) in [7, 11) is 0. The van der Waals surface area contributed by atoms with Crippen LogP contribution < -0.4 is 0 Å². The number of hydrogen-bond acceptors (Lipinski definition) is 2. The molecule has 0 aliphatic carbocycles. The minimum Gasteiger partial charge on any atom is -0.294 e. The van der Waals surface area contributed by atoms with E-state index in [-0.39, 0.29) is 23.8 Å². The van der Waals surface area contributed by atoms with Crippen LogP contribution >= 0.6 is 0 Å². The highest BCUT2D eigenvalue weighted by atomic mass is 19.1. The lowest BCUT2D eigenvalue weighted by Gasteiger charge is -2.04. The Kier molecular flexibility index (Phi) is 4.62. The van der Waals surface area contributed by atoms with E-state index >= 15 is 0 Å². The molecule has 0 fully saturated rings. The SMILES string of the molecule is O=C(Cc1ccc(C(=O)c2ccc(F)cc2)cc1)c1ccccc1. The molecule has 3 aromatic rings. The van der Waals surface area contributed by atoms with Crippen LogP contribution in [-0.4, -0.2) is 11.6 Å². The van der Waals surface area contributed by atoms with E-state index in [4.69, 9.17) is 0 Å². The van der Waals surface area contributed by atoms with Crippen LogP contribution in [0.5, 0.6) is 0 Å². The van der Waals surface area contributed by atoms with Crippen molar-refractivity contribution in [3.8, 4) is 0 Å². The Morgan fingerprint density at radius 2 is 1.21 bits per heavy atom. The number of benzene rings is 3. The number of hydrogen-bond donors (Lipinski definition) is 0. The Labute approximate surface area is 139 Å². The van der Waals surface area contributed by atoms with Gasteiger partial charge >= 0.3 is 0 Å². The van der Waals surface area contributed by atoms with E-state index in [1.165, 1.54) is 24.3 Å². The van der Waals surface area contributed by atoms with E-state index in [0.717, 1.165) is 5.56 Å². The highest BCUT2D eigenvalue weighted by Gasteiger charge is 2.10. The molecule has 118 valence electrons. The van der Waals surface area contributed by atoms with Gasteiger partial charge in [0.2, 0.25) is 0 Å². The van der Waals surface area contributed by atoms with Crippen LogP contribution in [0.2, 0.25) is 0 Å². The molecule has 0 amide bonds. The van der Waals surface area contributed by atoms with Crippen molar-refractivity contribution in [1.82, 2.24) is 0 Å². The second kappa shape index (κ2) is 7.01. The van der Waals surface area contributed by atoms with Crippen molar-refractivity contribution in [2.75, 3.05) is 0 Å². The van der Waals surface area contributed by atoms with Gasteiger partial charge in [-0.3, -0.25) is 9.59 Å². The summed E-state index contributed by atoms with van der Waals surface area (Å²) in [6, 6.07) is 21.5. The van der Waals surface area contributed by atoms with Gasteiger partial charge in [-0.25, -0.2) is 4.39 Å². The maximum absolute atomic E-state index is 12.9. The van der Waals surface area contributed by atoms with Gasteiger partial charge in [0.25, 0.3) is 0 Å². The molecule has 2 nitrogen and oxygen atoms in total. The summed E-state index contributed by atoms with van der Waals surface area (Å²) in [4.78, 5) is 24.5. The molecule has 0 aliphatic heterocycles. The summed E-state index contributed by atoms with van der Waals surface area (Å²) in [6.07, 6.45) is 0.287. The maximum atomic E-state index is 12.9. The molecule has 0 N–H and O–H groups in total. The Morgan fingerprint density at radius 3 is 1.79 bits per heavy atom. The van der Waals surface area contributed by atoms with Crippen molar-refractivity contribution in [1.29, 1.82) is 0 Å². The number of rotatable bonds is 5. The second-order valence-corrected chi connectivity index (χ2v) is 5.50. The van der Waals surface area contributed by atoms with Crippen LogP contribution in [0.3, 0.4) is 0 Å². The molecule has 0 saturated heterocycles. The molecule has 0 aromatic heterocycles. The van der Waals surface area contributed by atoms with Gasteiger partial charge in [0.05, 0.1) is 0 Å². The number of ketones is 2. The largest absolute Gasteiger partial charge is 0.294 e. The third kappa shape index (κ3) is 3.63. The van der Waals surface area contributed by atoms with Crippen LogP contribution in [0, 0.1) is 5.82 Å². The zero-order valence-electron chi connectivity index (χ0n) is 12.9. The van der Waals surface area contributed by atoms with Crippen molar-refractivity contribution in [2.45, 2.75) is 6.42 Å². The number of halogens is 1. The summed E-state index contributed by atoms with van der Waals surface area (Å²) in [5.41, 5.74) is 2.46. The Morgan fingerprint density at radius 1 is 0.667 bits per heavy atom. The van der Waals surface area contributed by atoms with Gasteiger partial charge in [0.15, 0.2) is 11.6 Å². The quantitative estimate of drug-likeness (QED) is 0.650. The van der Waals surface area contributed by atoms with Crippen molar-refractivity contribution in [2.24, 2.45) is 0 Å². The van der Waals surface area contributed by atoms with Crippen LogP contribution in [0.4, 0.5) is 4.39 Å². The average molecular weight is 318 g/mol. The summed E-state index contributed by atoms with van der Waals surface area (Å²) < 4.78 is 12.9. The molecule has 0 spiro atoms. The molecule has 0 aliphatic rings. The first-order valence-electron chi connectivity index (χ1n) is 7.61. The number of carbonyl (C=O) groups is 2. The molecule has 0 bridgehead atoms. The third-order valence-corrected chi connectivity index (χ3v) is 3.78. The molecule has 0 heterocycles. The highest BCUT2D eigenvalue weighted by Crippen LogP contribution is 2.14. The summed E-state index contributed by atoms with van der Waals surface area (Å²) in [5.74, 6) is -0.509. The van der Waals surface area contributed by atoms with Gasteiger partial charge in [-0.2, -0.15) is 0 Å². The van der Waals surface area contributed by atoms with Crippen LogP contribution in [0.15, 0.2) is 78.9 Å². The van der Waals surface area contributed by atoms with Crippen LogP contribution in [-0.2, 0) is 6.42 Å². The summed E-state index contributed by atoms with van der Waals surface area (Å²) in [5, 5.41) is 0. The van der Waals surface area contributed by atoms with E-state index in [9.17, 15) is 14.0 Å². The smallest absolute Gasteiger partial charge is 0.193 e. The molecule has 0 unspecified atom stereocenters. The standard InChI is InChI=1S/C21H15FO2/c22-19-12-10-18(11-13-19)21(24)17-8-6-15(7-9-17)14-20(23)16-4-2-1-3-5-16/h1-13H,14H2. The molecule has 0 saturated carbocycles. The van der Waals surface area contributed by atoms with Crippen LogP contribution in [0.25, 0.3) is 0 Å². The van der Waals surface area contributed by atoms with Crippen molar-refractivity contribution in [3.63, 3.8) is 0 Å². The second-order valence-electron chi connectivity index (χ2n) is 5.50. The first-order chi connectivity index (χ1) is 11.6. The van der Waals surface area contributed by atoms with Crippen molar-refractivity contribution in [3.05, 3.63) is 107 Å². The van der Waals surface area contributed by atoms with Crippen LogP contribution in [0.1, 0.15) is 31.8 Å². The Balaban J connectivity index is 1.72. The molecular formula is C21H15FO2. The van der Waals surface area contributed by atoms with E-state index in [1.54, 1.807) is 36.4 Å². The maximum Gasteiger partial charge on any atom is 0.193 e. The fourth-order valence-electron chi connectivity index (χ4n) is 2.45. The third-order valence-electron chi connectivity index (χ3n) is 3.78. The number of Topliss-reactive ketones (excluding diaryl/α,β-unsaturated/α-hetero) is 1. The molecule has 3 rings (SSSR count). The monoisotopic (exact) mass is 318 g/mol. The van der Waals surface area contributed by atoms with E-state index in [2.05, 4.69) is 0 Å². The zero-order valence-corrected chi connectivity index (χ0v) is 12.9. The lowest BCUT2D eigenvalue weighted by molar-refractivity contribution is 0.0992. The Hall–Kier alpha value is -3.07. The summed E-state index contributed by atoms with van der Waals surface area (Å²) in [6.45, 7) is 0. The predicted molar refractivity (Wildman–Crippen MR) is 90.8 cm³/mol. The van der Waals surface area contributed by atoms with E-state index < -0.39 is 0 Å². The van der Waals surface area contributed by atoms with Gasteiger partial charge in [0, 0.05) is 23.1 Å². The van der Waals surface area contributed by atoms with Gasteiger partial charge in [0.1, 0.15) is 5.82 Å². The normalized spacial score (nSPS) is 10.4. The minimum atomic E-state index is -0.374. The fraction of sp³-hybridized carbons (Fsp3) is 0.0476. The lowest BCUT2D eigenvalue weighted by atomic mass is 9.99. The van der Waals surface area contributed by atoms with Gasteiger partial charge in [-0.05, 0) is 29.8 Å². The first-order valence-corrected chi connectivity index (χ1v) is 7.61. The molecule has 3 heteroatoms. The Bertz CT molecular complexity index is 851. The molecule has 3 aromatic carbocycles. The average Bonchev–Trinajstić information content (AvgIpc) is 2.63. The molecule has 24 heavy (non-hydrogen) atoms. The zero-order chi connectivity index (χ0) is 16.9. The fourth-order valence-corrected chi connectivity index (χ4v) is 2.45. The molecular weight excluding hydrogens is 303 g/mol. The van der Waals surface area contributed by atoms with Gasteiger partial charge in [-0.15, -0.1) is 0 Å². The molecule has 0 atom stereocenters. The van der Waals surface area contributed by atoms with E-state index in [0.29, 0.717) is 16.7 Å². The van der Waals surface area contributed by atoms with Gasteiger partial charge < -0.3 is 0 Å². The predicted octanol–water partition coefficient (Wildman–Crippen LogP) is 4.48. The highest BCUT2D eigenvalue weighted by molar-refractivity contribution is 6.09. The van der Waals surface area contributed by atoms with Crippen molar-refractivity contribution < 1.29 is 14.0 Å². The van der Waals surface area contributed by atoms with Gasteiger partial charge in [-0.1, -0.05) is 54.6 Å². The first kappa shape index (κ1) is 15.8. The topological polar surface area (TPSA) is 34.1 Å².